The average Bonchev–Trinajstić information content (AvgIpc) is 3.18. The van der Waals surface area contributed by atoms with Gasteiger partial charge in [-0.15, -0.1) is 0 Å². The molecular weight excluding hydrogens is 466 g/mol. The van der Waals surface area contributed by atoms with Gasteiger partial charge in [0.05, 0.1) is 18.4 Å². The summed E-state index contributed by atoms with van der Waals surface area (Å²) in [6, 6.07) is 20.1. The molecular formula is C22H16BrN3O3S. The Hall–Kier alpha value is -3.23. The van der Waals surface area contributed by atoms with Crippen molar-refractivity contribution < 1.29 is 13.9 Å². The second-order valence-corrected chi connectivity index (χ2v) is 7.55. The van der Waals surface area contributed by atoms with Gasteiger partial charge in [-0.2, -0.15) is 0 Å². The number of carbonyl (C=O) groups is 1. The predicted molar refractivity (Wildman–Crippen MR) is 124 cm³/mol. The fourth-order valence-corrected chi connectivity index (χ4v) is 3.57. The Morgan fingerprint density at radius 1 is 1.10 bits per heavy atom. The van der Waals surface area contributed by atoms with E-state index in [1.807, 2.05) is 36.4 Å². The molecule has 0 aliphatic carbocycles. The highest BCUT2D eigenvalue weighted by molar-refractivity contribution is 9.10. The average molecular weight is 482 g/mol. The van der Waals surface area contributed by atoms with E-state index >= 15 is 0 Å². The van der Waals surface area contributed by atoms with E-state index in [-0.39, 0.29) is 11.0 Å². The quantitative estimate of drug-likeness (QED) is 0.380. The maximum atomic E-state index is 12.5. The molecule has 30 heavy (non-hydrogen) atoms. The first-order chi connectivity index (χ1) is 14.5. The van der Waals surface area contributed by atoms with Crippen molar-refractivity contribution in [3.8, 4) is 17.2 Å². The number of fused-ring (bicyclic) bond motifs is 1. The third-order valence-electron chi connectivity index (χ3n) is 4.33. The second kappa shape index (κ2) is 8.64. The van der Waals surface area contributed by atoms with Crippen LogP contribution in [-0.4, -0.2) is 23.1 Å². The zero-order chi connectivity index (χ0) is 21.1. The Kier molecular flexibility index (Phi) is 5.78. The number of methoxy groups -OCH3 is 1. The number of ether oxygens (including phenoxy) is 1. The smallest absolute Gasteiger partial charge is 0.258 e. The van der Waals surface area contributed by atoms with Crippen molar-refractivity contribution in [3.05, 3.63) is 76.8 Å². The van der Waals surface area contributed by atoms with Crippen LogP contribution in [-0.2, 0) is 0 Å². The molecule has 0 radical (unpaired) electrons. The van der Waals surface area contributed by atoms with Crippen molar-refractivity contribution >= 4 is 56.0 Å². The SMILES string of the molecule is COc1ccc(-c2nc3ccccc3o2)cc1NC(=S)NC(=O)c1ccccc1Br. The highest BCUT2D eigenvalue weighted by Gasteiger charge is 2.15. The van der Waals surface area contributed by atoms with Crippen LogP contribution in [0, 0.1) is 0 Å². The number of benzene rings is 3. The number of hydrogen-bond acceptors (Lipinski definition) is 5. The van der Waals surface area contributed by atoms with Crippen LogP contribution < -0.4 is 15.4 Å². The topological polar surface area (TPSA) is 76.4 Å². The van der Waals surface area contributed by atoms with E-state index in [9.17, 15) is 4.79 Å². The molecule has 0 fully saturated rings. The number of anilines is 1. The number of thiocarbonyl (C=S) groups is 1. The van der Waals surface area contributed by atoms with E-state index in [0.29, 0.717) is 32.9 Å². The van der Waals surface area contributed by atoms with Gasteiger partial charge in [-0.3, -0.25) is 10.1 Å². The summed E-state index contributed by atoms with van der Waals surface area (Å²) in [5.41, 5.74) is 3.28. The minimum atomic E-state index is -0.325. The summed E-state index contributed by atoms with van der Waals surface area (Å²) in [5.74, 6) is 0.714. The van der Waals surface area contributed by atoms with Gasteiger partial charge in [-0.1, -0.05) is 24.3 Å². The lowest BCUT2D eigenvalue weighted by Gasteiger charge is -2.14. The van der Waals surface area contributed by atoms with Crippen LogP contribution in [0.25, 0.3) is 22.6 Å². The molecule has 3 aromatic carbocycles. The molecule has 1 amide bonds. The maximum absolute atomic E-state index is 12.5. The van der Waals surface area contributed by atoms with Crippen LogP contribution >= 0.6 is 28.1 Å². The summed E-state index contributed by atoms with van der Waals surface area (Å²) < 4.78 is 11.9. The number of aromatic nitrogens is 1. The van der Waals surface area contributed by atoms with Crippen LogP contribution in [0.3, 0.4) is 0 Å². The maximum Gasteiger partial charge on any atom is 0.258 e. The Morgan fingerprint density at radius 2 is 1.87 bits per heavy atom. The first-order valence-electron chi connectivity index (χ1n) is 8.96. The fourth-order valence-electron chi connectivity index (χ4n) is 2.90. The molecule has 1 heterocycles. The number of rotatable bonds is 4. The Balaban J connectivity index is 1.57. The van der Waals surface area contributed by atoms with E-state index in [2.05, 4.69) is 31.5 Å². The van der Waals surface area contributed by atoms with Crippen LogP contribution in [0.2, 0.25) is 0 Å². The summed E-state index contributed by atoms with van der Waals surface area (Å²) in [5, 5.41) is 5.83. The number of nitrogens with one attached hydrogen (secondary N) is 2. The van der Waals surface area contributed by atoms with Gasteiger partial charge in [0.2, 0.25) is 5.89 Å². The molecule has 8 heteroatoms. The number of carbonyl (C=O) groups excluding carboxylic acids is 1. The van der Waals surface area contributed by atoms with Gasteiger partial charge in [0, 0.05) is 10.0 Å². The Bertz CT molecular complexity index is 1220. The lowest BCUT2D eigenvalue weighted by atomic mass is 10.2. The van der Waals surface area contributed by atoms with Gasteiger partial charge >= 0.3 is 0 Å². The van der Waals surface area contributed by atoms with E-state index in [4.69, 9.17) is 21.4 Å². The molecule has 0 bridgehead atoms. The third-order valence-corrected chi connectivity index (χ3v) is 5.23. The van der Waals surface area contributed by atoms with Crippen molar-refractivity contribution in [3.63, 3.8) is 0 Å². The highest BCUT2D eigenvalue weighted by atomic mass is 79.9. The van der Waals surface area contributed by atoms with Gasteiger partial charge < -0.3 is 14.5 Å². The molecule has 4 rings (SSSR count). The summed E-state index contributed by atoms with van der Waals surface area (Å²) in [7, 11) is 1.56. The molecule has 6 nitrogen and oxygen atoms in total. The van der Waals surface area contributed by atoms with Crippen molar-refractivity contribution in [2.45, 2.75) is 0 Å². The van der Waals surface area contributed by atoms with Gasteiger partial charge in [0.25, 0.3) is 5.91 Å². The van der Waals surface area contributed by atoms with Crippen LogP contribution in [0.15, 0.2) is 75.6 Å². The molecule has 0 aliphatic rings. The monoisotopic (exact) mass is 481 g/mol. The van der Waals surface area contributed by atoms with Crippen LogP contribution in [0.5, 0.6) is 5.75 Å². The first-order valence-corrected chi connectivity index (χ1v) is 10.2. The van der Waals surface area contributed by atoms with E-state index in [0.717, 1.165) is 11.1 Å². The molecule has 0 unspecified atom stereocenters. The predicted octanol–water partition coefficient (Wildman–Crippen LogP) is 5.39. The summed E-state index contributed by atoms with van der Waals surface area (Å²) in [6.45, 7) is 0. The number of para-hydroxylation sites is 2. The lowest BCUT2D eigenvalue weighted by Crippen LogP contribution is -2.34. The highest BCUT2D eigenvalue weighted by Crippen LogP contribution is 2.32. The second-order valence-electron chi connectivity index (χ2n) is 6.29. The van der Waals surface area contributed by atoms with Gasteiger partial charge in [0.1, 0.15) is 11.3 Å². The van der Waals surface area contributed by atoms with E-state index < -0.39 is 0 Å². The molecule has 0 atom stereocenters. The Labute approximate surface area is 186 Å². The van der Waals surface area contributed by atoms with Gasteiger partial charge in [0.15, 0.2) is 10.7 Å². The molecule has 0 saturated heterocycles. The molecule has 4 aromatic rings. The normalized spacial score (nSPS) is 10.6. The molecule has 150 valence electrons. The molecule has 0 saturated carbocycles. The molecule has 0 aliphatic heterocycles. The molecule has 2 N–H and O–H groups in total. The van der Waals surface area contributed by atoms with E-state index in [1.165, 1.54) is 0 Å². The van der Waals surface area contributed by atoms with Crippen molar-refractivity contribution in [1.82, 2.24) is 10.3 Å². The van der Waals surface area contributed by atoms with Gasteiger partial charge in [-0.25, -0.2) is 4.98 Å². The lowest BCUT2D eigenvalue weighted by molar-refractivity contribution is 0.0977. The van der Waals surface area contributed by atoms with Crippen molar-refractivity contribution in [2.24, 2.45) is 0 Å². The summed E-state index contributed by atoms with van der Waals surface area (Å²) in [4.78, 5) is 17.0. The van der Waals surface area contributed by atoms with Gasteiger partial charge in [-0.05, 0) is 70.6 Å². The minimum Gasteiger partial charge on any atom is -0.495 e. The fraction of sp³-hybridized carbons (Fsp3) is 0.0455. The first kappa shape index (κ1) is 20.1. The standard InChI is InChI=1S/C22H16BrN3O3S/c1-28-18-11-10-13(21-24-16-8-4-5-9-19(16)29-21)12-17(18)25-22(30)26-20(27)14-6-2-3-7-15(14)23/h2-12H,1H3,(H2,25,26,27,30). The number of halogens is 1. The number of amides is 1. The van der Waals surface area contributed by atoms with Crippen molar-refractivity contribution in [1.29, 1.82) is 0 Å². The largest absolute Gasteiger partial charge is 0.495 e. The Morgan fingerprint density at radius 3 is 2.63 bits per heavy atom. The molecule has 0 spiro atoms. The number of oxazole rings is 1. The van der Waals surface area contributed by atoms with Crippen molar-refractivity contribution in [2.75, 3.05) is 12.4 Å². The van der Waals surface area contributed by atoms with Crippen LogP contribution in [0.1, 0.15) is 10.4 Å². The number of hydrogen-bond donors (Lipinski definition) is 2. The molecule has 1 aromatic heterocycles. The summed E-state index contributed by atoms with van der Waals surface area (Å²) in [6.07, 6.45) is 0. The van der Waals surface area contributed by atoms with E-state index in [1.54, 1.807) is 37.4 Å². The zero-order valence-corrected chi connectivity index (χ0v) is 18.2. The zero-order valence-electron chi connectivity index (χ0n) is 15.8. The minimum absolute atomic E-state index is 0.142. The number of nitrogens with zero attached hydrogens (tertiary/aromatic N) is 1. The van der Waals surface area contributed by atoms with Crippen LogP contribution in [0.4, 0.5) is 5.69 Å². The summed E-state index contributed by atoms with van der Waals surface area (Å²) >= 11 is 8.69. The third kappa shape index (κ3) is 4.19.